The van der Waals surface area contributed by atoms with Gasteiger partial charge in [0, 0.05) is 44.7 Å². The minimum absolute atomic E-state index is 0.00619. The lowest BCUT2D eigenvalue weighted by Crippen LogP contribution is -2.35. The van der Waals surface area contributed by atoms with E-state index in [1.165, 1.54) is 22.8 Å². The standard InChI is InChI=1S/C28H17Cl3F6N2O2/c29-17-3-4-19(21(31)11-17)22-20-10-18(30)8-14-2-1-5-39(24(14)20)26(41)23(22)25(40)38-12-13-6-15(27(32,33)34)9-16(7-13)28(35,36)37/h3-4,6-11H,1-2,5,12H2,(H,38,40). The van der Waals surface area contributed by atoms with Gasteiger partial charge in [-0.05, 0) is 66.4 Å². The molecule has 1 aromatic heterocycles. The first-order chi connectivity index (χ1) is 19.1. The lowest BCUT2D eigenvalue weighted by molar-refractivity contribution is -0.143. The summed E-state index contributed by atoms with van der Waals surface area (Å²) < 4.78 is 81.4. The number of halogens is 9. The van der Waals surface area contributed by atoms with Crippen molar-refractivity contribution in [3.63, 3.8) is 0 Å². The first-order valence-electron chi connectivity index (χ1n) is 12.1. The van der Waals surface area contributed by atoms with Crippen molar-refractivity contribution < 1.29 is 31.1 Å². The maximum Gasteiger partial charge on any atom is 0.416 e. The van der Waals surface area contributed by atoms with Crippen LogP contribution in [-0.2, 0) is 31.9 Å². The predicted octanol–water partition coefficient (Wildman–Crippen LogP) is 8.54. The fraction of sp³-hybridized carbons (Fsp3) is 0.214. The van der Waals surface area contributed by atoms with Gasteiger partial charge in [-0.25, -0.2) is 0 Å². The van der Waals surface area contributed by atoms with Crippen molar-refractivity contribution in [3.8, 4) is 11.1 Å². The quantitative estimate of drug-likeness (QED) is 0.229. The topological polar surface area (TPSA) is 51.1 Å². The summed E-state index contributed by atoms with van der Waals surface area (Å²) in [6.07, 6.45) is -8.92. The van der Waals surface area contributed by atoms with Crippen LogP contribution in [0.1, 0.15) is 39.0 Å². The highest BCUT2D eigenvalue weighted by molar-refractivity contribution is 6.37. The molecule has 0 spiro atoms. The summed E-state index contributed by atoms with van der Waals surface area (Å²) >= 11 is 18.9. The van der Waals surface area contributed by atoms with E-state index in [9.17, 15) is 35.9 Å². The Morgan fingerprint density at radius 3 is 2.15 bits per heavy atom. The van der Waals surface area contributed by atoms with Gasteiger partial charge in [0.1, 0.15) is 5.56 Å². The molecule has 214 valence electrons. The third-order valence-corrected chi connectivity index (χ3v) is 7.52. The van der Waals surface area contributed by atoms with Gasteiger partial charge in [-0.2, -0.15) is 26.3 Å². The Balaban J connectivity index is 1.67. The molecule has 0 aliphatic carbocycles. The molecule has 1 aliphatic rings. The van der Waals surface area contributed by atoms with Gasteiger partial charge >= 0.3 is 12.4 Å². The monoisotopic (exact) mass is 632 g/mol. The molecule has 4 aromatic rings. The van der Waals surface area contributed by atoms with E-state index in [1.54, 1.807) is 12.1 Å². The number of pyridine rings is 1. The molecular weight excluding hydrogens is 617 g/mol. The summed E-state index contributed by atoms with van der Waals surface area (Å²) in [5.74, 6) is -1.01. The Bertz CT molecular complexity index is 1750. The Morgan fingerprint density at radius 2 is 1.54 bits per heavy atom. The van der Waals surface area contributed by atoms with Crippen LogP contribution in [0.4, 0.5) is 26.3 Å². The summed E-state index contributed by atoms with van der Waals surface area (Å²) in [6.45, 7) is -0.445. The number of rotatable bonds is 4. The van der Waals surface area contributed by atoms with E-state index >= 15 is 0 Å². The van der Waals surface area contributed by atoms with Crippen LogP contribution in [0.25, 0.3) is 22.0 Å². The summed E-state index contributed by atoms with van der Waals surface area (Å²) in [6, 6.07) is 8.73. The molecule has 0 saturated heterocycles. The minimum atomic E-state index is -5.06. The predicted molar refractivity (Wildman–Crippen MR) is 145 cm³/mol. The molecule has 1 N–H and O–H groups in total. The highest BCUT2D eigenvalue weighted by Gasteiger charge is 2.37. The number of carbonyl (C=O) groups is 1. The van der Waals surface area contributed by atoms with Crippen molar-refractivity contribution in [2.24, 2.45) is 0 Å². The Kier molecular flexibility index (Phi) is 7.55. The maximum atomic E-state index is 13.8. The highest BCUT2D eigenvalue weighted by atomic mass is 35.5. The molecular formula is C28H17Cl3F6N2O2. The van der Waals surface area contributed by atoms with Crippen molar-refractivity contribution >= 4 is 51.6 Å². The van der Waals surface area contributed by atoms with Gasteiger partial charge < -0.3 is 9.88 Å². The molecule has 13 heteroatoms. The van der Waals surface area contributed by atoms with Gasteiger partial charge in [0.15, 0.2) is 0 Å². The minimum Gasteiger partial charge on any atom is -0.348 e. The first-order valence-corrected chi connectivity index (χ1v) is 13.2. The lowest BCUT2D eigenvalue weighted by atomic mass is 9.91. The van der Waals surface area contributed by atoms with Crippen LogP contribution in [-0.4, -0.2) is 10.5 Å². The van der Waals surface area contributed by atoms with Gasteiger partial charge in [0.2, 0.25) is 0 Å². The summed E-state index contributed by atoms with van der Waals surface area (Å²) in [7, 11) is 0. The second-order valence-corrected chi connectivity index (χ2v) is 10.8. The van der Waals surface area contributed by atoms with E-state index in [-0.39, 0.29) is 39.3 Å². The smallest absolute Gasteiger partial charge is 0.348 e. The third-order valence-electron chi connectivity index (χ3n) is 6.76. The molecule has 0 atom stereocenters. The Labute approximate surface area is 243 Å². The second kappa shape index (κ2) is 10.6. The normalized spacial score (nSPS) is 13.5. The van der Waals surface area contributed by atoms with Gasteiger partial charge in [0.25, 0.3) is 11.5 Å². The first kappa shape index (κ1) is 29.3. The number of benzene rings is 3. The number of aromatic nitrogens is 1. The van der Waals surface area contributed by atoms with E-state index in [4.69, 9.17) is 34.8 Å². The number of alkyl halides is 6. The molecule has 1 amide bonds. The number of carbonyl (C=O) groups excluding carboxylic acids is 1. The number of amides is 1. The summed E-state index contributed by atoms with van der Waals surface area (Å²) in [4.78, 5) is 27.4. The highest BCUT2D eigenvalue weighted by Crippen LogP contribution is 2.40. The zero-order valence-electron chi connectivity index (χ0n) is 20.6. The van der Waals surface area contributed by atoms with Crippen molar-refractivity contribution in [2.45, 2.75) is 38.3 Å². The second-order valence-electron chi connectivity index (χ2n) is 9.49. The van der Waals surface area contributed by atoms with Crippen LogP contribution in [0.15, 0.2) is 53.3 Å². The average molecular weight is 634 g/mol. The zero-order valence-corrected chi connectivity index (χ0v) is 22.9. The van der Waals surface area contributed by atoms with Crippen LogP contribution in [0.5, 0.6) is 0 Å². The van der Waals surface area contributed by atoms with Gasteiger partial charge in [0.05, 0.1) is 16.6 Å². The van der Waals surface area contributed by atoms with Crippen LogP contribution >= 0.6 is 34.8 Å². The number of nitrogens with one attached hydrogen (secondary N) is 1. The van der Waals surface area contributed by atoms with E-state index in [2.05, 4.69) is 5.32 Å². The van der Waals surface area contributed by atoms with E-state index < -0.39 is 47.1 Å². The van der Waals surface area contributed by atoms with Crippen molar-refractivity contribution in [1.29, 1.82) is 0 Å². The molecule has 0 bridgehead atoms. The van der Waals surface area contributed by atoms with Crippen molar-refractivity contribution in [2.75, 3.05) is 0 Å². The number of nitrogens with zero attached hydrogens (tertiary/aromatic N) is 1. The average Bonchev–Trinajstić information content (AvgIpc) is 2.88. The molecule has 4 nitrogen and oxygen atoms in total. The Hall–Kier alpha value is -3.21. The molecule has 41 heavy (non-hydrogen) atoms. The number of hydrogen-bond donors (Lipinski definition) is 1. The van der Waals surface area contributed by atoms with Crippen molar-refractivity contribution in [3.05, 3.63) is 102 Å². The largest absolute Gasteiger partial charge is 0.416 e. The van der Waals surface area contributed by atoms with Crippen molar-refractivity contribution in [1.82, 2.24) is 9.88 Å². The van der Waals surface area contributed by atoms with E-state index in [0.29, 0.717) is 40.9 Å². The molecule has 5 rings (SSSR count). The number of aryl methyl sites for hydroxylation is 2. The molecule has 0 fully saturated rings. The molecule has 3 aromatic carbocycles. The fourth-order valence-electron chi connectivity index (χ4n) is 5.05. The molecule has 1 aliphatic heterocycles. The van der Waals surface area contributed by atoms with E-state index in [1.807, 2.05) is 0 Å². The van der Waals surface area contributed by atoms with Gasteiger partial charge in [-0.15, -0.1) is 0 Å². The molecule has 0 unspecified atom stereocenters. The van der Waals surface area contributed by atoms with Gasteiger partial charge in [-0.3, -0.25) is 9.59 Å². The SMILES string of the molecule is O=C(NCc1cc(C(F)(F)F)cc(C(F)(F)F)c1)c1c(-c2ccc(Cl)cc2Cl)c2cc(Cl)cc3c2n(c1=O)CCC3. The van der Waals surface area contributed by atoms with Crippen LogP contribution < -0.4 is 10.9 Å². The molecule has 0 radical (unpaired) electrons. The third kappa shape index (κ3) is 5.65. The summed E-state index contributed by atoms with van der Waals surface area (Å²) in [5, 5.41) is 3.49. The van der Waals surface area contributed by atoms with E-state index in [0.717, 1.165) is 5.56 Å². The van der Waals surface area contributed by atoms with Crippen LogP contribution in [0.2, 0.25) is 15.1 Å². The molecule has 0 saturated carbocycles. The Morgan fingerprint density at radius 1 is 0.878 bits per heavy atom. The summed E-state index contributed by atoms with van der Waals surface area (Å²) in [5.41, 5.74) is -2.88. The fourth-order valence-corrected chi connectivity index (χ4v) is 5.79. The zero-order chi connectivity index (χ0) is 29.9. The van der Waals surface area contributed by atoms with Crippen LogP contribution in [0.3, 0.4) is 0 Å². The van der Waals surface area contributed by atoms with Gasteiger partial charge in [-0.1, -0.05) is 40.9 Å². The lowest BCUT2D eigenvalue weighted by Gasteiger charge is -2.24. The number of hydrogen-bond acceptors (Lipinski definition) is 2. The maximum absolute atomic E-state index is 13.8. The molecule has 2 heterocycles. The van der Waals surface area contributed by atoms with Crippen LogP contribution in [0, 0.1) is 0 Å².